The highest BCUT2D eigenvalue weighted by molar-refractivity contribution is 7.80. The first-order valence-electron chi connectivity index (χ1n) is 3.28. The predicted molar refractivity (Wildman–Crippen MR) is 55.8 cm³/mol. The van der Waals surface area contributed by atoms with Gasteiger partial charge in [-0.25, -0.2) is 0 Å². The van der Waals surface area contributed by atoms with Crippen LogP contribution in [0, 0.1) is 0 Å². The van der Waals surface area contributed by atoms with Crippen molar-refractivity contribution < 1.29 is 5.11 Å². The third-order valence-corrected chi connectivity index (χ3v) is 3.44. The predicted octanol–water partition coefficient (Wildman–Crippen LogP) is 3.55. The van der Waals surface area contributed by atoms with Gasteiger partial charge in [-0.05, 0) is 17.5 Å². The van der Waals surface area contributed by atoms with Gasteiger partial charge in [0, 0.05) is 10.3 Å². The molecule has 0 atom stereocenters. The van der Waals surface area contributed by atoms with Gasteiger partial charge in [-0.3, -0.25) is 0 Å². The normalized spacial score (nSPS) is 10.8. The van der Waals surface area contributed by atoms with Crippen molar-refractivity contribution in [3.8, 4) is 5.75 Å². The zero-order chi connectivity index (χ0) is 8.72. The van der Waals surface area contributed by atoms with Crippen molar-refractivity contribution in [2.75, 3.05) is 0 Å². The average Bonchev–Trinajstić information content (AvgIpc) is 2.48. The van der Waals surface area contributed by atoms with E-state index in [4.69, 9.17) is 11.6 Å². The highest BCUT2D eigenvalue weighted by Crippen LogP contribution is 2.38. The van der Waals surface area contributed by atoms with Crippen LogP contribution >= 0.6 is 35.6 Å². The molecule has 0 aliphatic rings. The lowest BCUT2D eigenvalue weighted by Crippen LogP contribution is -1.71. The summed E-state index contributed by atoms with van der Waals surface area (Å²) in [6, 6.07) is 3.49. The van der Waals surface area contributed by atoms with Crippen molar-refractivity contribution >= 4 is 45.7 Å². The molecule has 0 bridgehead atoms. The fourth-order valence-electron chi connectivity index (χ4n) is 1.07. The Labute approximate surface area is 84.0 Å². The highest BCUT2D eigenvalue weighted by atomic mass is 35.5. The molecular formula is C8H5ClOS2. The summed E-state index contributed by atoms with van der Waals surface area (Å²) in [7, 11) is 0. The van der Waals surface area contributed by atoms with Gasteiger partial charge >= 0.3 is 0 Å². The van der Waals surface area contributed by atoms with Gasteiger partial charge in [0.1, 0.15) is 10.8 Å². The molecule has 2 rings (SSSR count). The first kappa shape index (κ1) is 8.23. The maximum Gasteiger partial charge on any atom is 0.136 e. The second-order valence-corrected chi connectivity index (χ2v) is 4.17. The third-order valence-electron chi connectivity index (χ3n) is 1.64. The van der Waals surface area contributed by atoms with Crippen molar-refractivity contribution in [2.24, 2.45) is 0 Å². The monoisotopic (exact) mass is 216 g/mol. The number of rotatable bonds is 0. The van der Waals surface area contributed by atoms with Crippen LogP contribution in [0.5, 0.6) is 5.75 Å². The standard InChI is InChI=1S/C8H5ClOS2/c9-7-5(10)3-6(11)4-1-2-12-8(4)7/h1-3,10-11H. The van der Waals surface area contributed by atoms with Crippen LogP contribution in [0.3, 0.4) is 0 Å². The van der Waals surface area contributed by atoms with Gasteiger partial charge in [0.05, 0.1) is 4.70 Å². The van der Waals surface area contributed by atoms with Crippen molar-refractivity contribution in [3.63, 3.8) is 0 Å². The number of hydrogen-bond donors (Lipinski definition) is 2. The lowest BCUT2D eigenvalue weighted by atomic mass is 10.2. The smallest absolute Gasteiger partial charge is 0.136 e. The van der Waals surface area contributed by atoms with Crippen LogP contribution in [0.4, 0.5) is 0 Å². The topological polar surface area (TPSA) is 20.2 Å². The van der Waals surface area contributed by atoms with E-state index in [9.17, 15) is 5.11 Å². The fourth-order valence-corrected chi connectivity index (χ4v) is 2.60. The fraction of sp³-hybridized carbons (Fsp3) is 0. The number of benzene rings is 1. The van der Waals surface area contributed by atoms with Crippen molar-refractivity contribution in [2.45, 2.75) is 4.90 Å². The quantitative estimate of drug-likeness (QED) is 0.646. The largest absolute Gasteiger partial charge is 0.506 e. The summed E-state index contributed by atoms with van der Waals surface area (Å²) in [5, 5.41) is 12.7. The van der Waals surface area contributed by atoms with Gasteiger partial charge in [0.2, 0.25) is 0 Å². The molecule has 0 amide bonds. The Morgan fingerprint density at radius 3 is 3.00 bits per heavy atom. The van der Waals surface area contributed by atoms with E-state index in [1.165, 1.54) is 11.3 Å². The molecule has 62 valence electrons. The minimum absolute atomic E-state index is 0.0941. The van der Waals surface area contributed by atoms with Gasteiger partial charge < -0.3 is 5.11 Å². The minimum Gasteiger partial charge on any atom is -0.506 e. The molecule has 2 aromatic rings. The summed E-state index contributed by atoms with van der Waals surface area (Å²) in [6.07, 6.45) is 0. The molecule has 0 saturated carbocycles. The first-order chi connectivity index (χ1) is 5.70. The lowest BCUT2D eigenvalue weighted by Gasteiger charge is -2.00. The van der Waals surface area contributed by atoms with E-state index in [0.717, 1.165) is 15.0 Å². The Hall–Kier alpha value is -0.380. The molecule has 1 N–H and O–H groups in total. The Balaban J connectivity index is 2.97. The van der Waals surface area contributed by atoms with Crippen LogP contribution in [-0.2, 0) is 0 Å². The summed E-state index contributed by atoms with van der Waals surface area (Å²) in [5.74, 6) is 0.0941. The van der Waals surface area contributed by atoms with E-state index < -0.39 is 0 Å². The SMILES string of the molecule is Oc1cc(S)c2ccsc2c1Cl. The summed E-state index contributed by atoms with van der Waals surface area (Å²) < 4.78 is 0.890. The van der Waals surface area contributed by atoms with E-state index >= 15 is 0 Å². The van der Waals surface area contributed by atoms with E-state index in [-0.39, 0.29) is 5.75 Å². The molecule has 0 aliphatic heterocycles. The average molecular weight is 217 g/mol. The maximum absolute atomic E-state index is 9.34. The van der Waals surface area contributed by atoms with Crippen molar-refractivity contribution in [1.29, 1.82) is 0 Å². The van der Waals surface area contributed by atoms with Gasteiger partial charge in [0.15, 0.2) is 0 Å². The highest BCUT2D eigenvalue weighted by Gasteiger charge is 2.08. The zero-order valence-corrected chi connectivity index (χ0v) is 8.38. The van der Waals surface area contributed by atoms with Gasteiger partial charge in [-0.1, -0.05) is 11.6 Å². The Morgan fingerprint density at radius 1 is 1.50 bits per heavy atom. The molecule has 1 nitrogen and oxygen atoms in total. The van der Waals surface area contributed by atoms with Gasteiger partial charge in [-0.15, -0.1) is 24.0 Å². The number of phenolic OH excluding ortho intramolecular Hbond substituents is 1. The second kappa shape index (κ2) is 2.83. The molecule has 4 heteroatoms. The number of fused-ring (bicyclic) bond motifs is 1. The van der Waals surface area contributed by atoms with Gasteiger partial charge in [-0.2, -0.15) is 0 Å². The molecule has 0 unspecified atom stereocenters. The summed E-state index contributed by atoms with van der Waals surface area (Å²) in [4.78, 5) is 0.758. The molecule has 0 radical (unpaired) electrons. The number of halogens is 1. The van der Waals surface area contributed by atoms with E-state index in [0.29, 0.717) is 5.02 Å². The number of hydrogen-bond acceptors (Lipinski definition) is 3. The summed E-state index contributed by atoms with van der Waals surface area (Å²) in [5.41, 5.74) is 0. The van der Waals surface area contributed by atoms with Crippen LogP contribution in [0.25, 0.3) is 10.1 Å². The Kier molecular flexibility index (Phi) is 1.94. The third kappa shape index (κ3) is 1.09. The molecule has 0 aliphatic carbocycles. The van der Waals surface area contributed by atoms with E-state index in [1.54, 1.807) is 6.07 Å². The molecule has 1 heterocycles. The number of phenols is 1. The van der Waals surface area contributed by atoms with Crippen LogP contribution in [0.1, 0.15) is 0 Å². The van der Waals surface area contributed by atoms with E-state index in [1.807, 2.05) is 11.4 Å². The first-order valence-corrected chi connectivity index (χ1v) is 4.98. The molecule has 0 spiro atoms. The second-order valence-electron chi connectivity index (χ2n) is 2.39. The Bertz CT molecular complexity index is 436. The van der Waals surface area contributed by atoms with Crippen LogP contribution < -0.4 is 0 Å². The molecule has 1 aromatic carbocycles. The van der Waals surface area contributed by atoms with E-state index in [2.05, 4.69) is 12.6 Å². The molecule has 12 heavy (non-hydrogen) atoms. The van der Waals surface area contributed by atoms with Gasteiger partial charge in [0.25, 0.3) is 0 Å². The number of aromatic hydroxyl groups is 1. The molecule has 0 fully saturated rings. The Morgan fingerprint density at radius 2 is 2.25 bits per heavy atom. The van der Waals surface area contributed by atoms with Crippen LogP contribution in [0.2, 0.25) is 5.02 Å². The molecule has 1 aromatic heterocycles. The maximum atomic E-state index is 9.34. The molecular weight excluding hydrogens is 212 g/mol. The zero-order valence-electron chi connectivity index (χ0n) is 5.91. The number of thiol groups is 1. The number of thiophene rings is 1. The lowest BCUT2D eigenvalue weighted by molar-refractivity contribution is 0.475. The van der Waals surface area contributed by atoms with Crippen molar-refractivity contribution in [3.05, 3.63) is 22.5 Å². The van der Waals surface area contributed by atoms with Crippen molar-refractivity contribution in [1.82, 2.24) is 0 Å². The van der Waals surface area contributed by atoms with Crippen LogP contribution in [-0.4, -0.2) is 5.11 Å². The molecule has 0 saturated heterocycles. The van der Waals surface area contributed by atoms with Crippen LogP contribution in [0.15, 0.2) is 22.4 Å². The summed E-state index contributed by atoms with van der Waals surface area (Å²) >= 11 is 11.6. The summed E-state index contributed by atoms with van der Waals surface area (Å²) in [6.45, 7) is 0. The minimum atomic E-state index is 0.0941.